The molecule has 86 valence electrons. The average Bonchev–Trinajstić information content (AvgIpc) is 2.10. The lowest BCUT2D eigenvalue weighted by atomic mass is 9.91. The molecule has 0 radical (unpaired) electrons. The molecule has 4 N–H and O–H groups in total. The summed E-state index contributed by atoms with van der Waals surface area (Å²) in [5.41, 5.74) is -1.93. The first-order valence-electron chi connectivity index (χ1n) is 4.20. The van der Waals surface area contributed by atoms with E-state index in [1.165, 1.54) is 0 Å². The van der Waals surface area contributed by atoms with Crippen LogP contribution in [0.5, 0.6) is 0 Å². The Hall–Kier alpha value is -1.63. The van der Waals surface area contributed by atoms with E-state index in [9.17, 15) is 14.4 Å². The first kappa shape index (κ1) is 13.4. The highest BCUT2D eigenvalue weighted by Gasteiger charge is 2.41. The Morgan fingerprint density at radius 2 is 1.60 bits per heavy atom. The zero-order chi connectivity index (χ0) is 12.1. The molecular formula is C8H13NO6. The Morgan fingerprint density at radius 3 is 1.93 bits per heavy atom. The first-order valence-corrected chi connectivity index (χ1v) is 4.20. The standard InChI is InChI=1S/C8H13NO6/c1-8(6(12)13,7(14)15)4-9-3-2-5(10)11/h9H,2-4H2,1H3,(H,10,11)(H,12,13)(H,14,15). The van der Waals surface area contributed by atoms with E-state index in [0.29, 0.717) is 0 Å². The van der Waals surface area contributed by atoms with Crippen molar-refractivity contribution in [3.05, 3.63) is 0 Å². The monoisotopic (exact) mass is 219 g/mol. The number of carboxylic acid groups (broad SMARTS) is 3. The van der Waals surface area contributed by atoms with Gasteiger partial charge in [-0.25, -0.2) is 0 Å². The van der Waals surface area contributed by atoms with Crippen LogP contribution in [-0.2, 0) is 14.4 Å². The van der Waals surface area contributed by atoms with Gasteiger partial charge in [-0.05, 0) is 6.92 Å². The van der Waals surface area contributed by atoms with Crippen LogP contribution in [-0.4, -0.2) is 46.3 Å². The van der Waals surface area contributed by atoms with Gasteiger partial charge in [0, 0.05) is 13.1 Å². The summed E-state index contributed by atoms with van der Waals surface area (Å²) in [6.45, 7) is 0.780. The van der Waals surface area contributed by atoms with E-state index in [4.69, 9.17) is 15.3 Å². The second-order valence-corrected chi connectivity index (χ2v) is 3.26. The van der Waals surface area contributed by atoms with E-state index in [-0.39, 0.29) is 19.5 Å². The third-order valence-corrected chi connectivity index (χ3v) is 1.94. The maximum Gasteiger partial charge on any atom is 0.322 e. The molecule has 0 saturated heterocycles. The lowest BCUT2D eigenvalue weighted by Crippen LogP contribution is -2.45. The zero-order valence-electron chi connectivity index (χ0n) is 8.19. The Labute approximate surface area is 85.7 Å². The molecule has 0 amide bonds. The van der Waals surface area contributed by atoms with Crippen LogP contribution in [0.4, 0.5) is 0 Å². The summed E-state index contributed by atoms with van der Waals surface area (Å²) in [7, 11) is 0. The average molecular weight is 219 g/mol. The van der Waals surface area contributed by atoms with Gasteiger partial charge in [0.1, 0.15) is 0 Å². The molecule has 15 heavy (non-hydrogen) atoms. The number of rotatable bonds is 7. The van der Waals surface area contributed by atoms with Gasteiger partial charge in [-0.3, -0.25) is 14.4 Å². The highest BCUT2D eigenvalue weighted by atomic mass is 16.4. The van der Waals surface area contributed by atoms with Gasteiger partial charge in [-0.15, -0.1) is 0 Å². The summed E-state index contributed by atoms with van der Waals surface area (Å²) in [6.07, 6.45) is -0.185. The number of aliphatic carboxylic acids is 3. The minimum absolute atomic E-state index is 0.0332. The molecule has 0 atom stereocenters. The van der Waals surface area contributed by atoms with Crippen molar-refractivity contribution in [2.45, 2.75) is 13.3 Å². The van der Waals surface area contributed by atoms with Gasteiger partial charge in [0.15, 0.2) is 5.41 Å². The van der Waals surface area contributed by atoms with Crippen molar-refractivity contribution < 1.29 is 29.7 Å². The van der Waals surface area contributed by atoms with Gasteiger partial charge in [0.2, 0.25) is 0 Å². The van der Waals surface area contributed by atoms with E-state index < -0.39 is 23.3 Å². The van der Waals surface area contributed by atoms with Crippen molar-refractivity contribution in [2.24, 2.45) is 5.41 Å². The van der Waals surface area contributed by atoms with E-state index in [1.54, 1.807) is 0 Å². The highest BCUT2D eigenvalue weighted by molar-refractivity contribution is 5.98. The summed E-state index contributed by atoms with van der Waals surface area (Å²) in [6, 6.07) is 0. The highest BCUT2D eigenvalue weighted by Crippen LogP contribution is 2.15. The van der Waals surface area contributed by atoms with Crippen molar-refractivity contribution >= 4 is 17.9 Å². The van der Waals surface area contributed by atoms with Crippen molar-refractivity contribution in [3.8, 4) is 0 Å². The smallest absolute Gasteiger partial charge is 0.322 e. The molecule has 0 aliphatic carbocycles. The van der Waals surface area contributed by atoms with E-state index >= 15 is 0 Å². The molecule has 0 fully saturated rings. The molecule has 0 saturated carbocycles. The molecule has 0 rings (SSSR count). The molecule has 0 heterocycles. The van der Waals surface area contributed by atoms with Crippen molar-refractivity contribution in [1.82, 2.24) is 5.32 Å². The maximum absolute atomic E-state index is 10.7. The molecule has 7 heteroatoms. The van der Waals surface area contributed by atoms with E-state index in [1.807, 2.05) is 0 Å². The number of hydrogen-bond acceptors (Lipinski definition) is 4. The van der Waals surface area contributed by atoms with Crippen LogP contribution in [0.1, 0.15) is 13.3 Å². The fourth-order valence-corrected chi connectivity index (χ4v) is 0.776. The van der Waals surface area contributed by atoms with Gasteiger partial charge < -0.3 is 20.6 Å². The minimum atomic E-state index is -1.93. The summed E-state index contributed by atoms with van der Waals surface area (Å²) in [5, 5.41) is 28.1. The molecule has 7 nitrogen and oxygen atoms in total. The van der Waals surface area contributed by atoms with Gasteiger partial charge >= 0.3 is 17.9 Å². The molecule has 0 unspecified atom stereocenters. The second kappa shape index (κ2) is 5.30. The fraction of sp³-hybridized carbons (Fsp3) is 0.625. The van der Waals surface area contributed by atoms with Crippen LogP contribution in [0.25, 0.3) is 0 Å². The second-order valence-electron chi connectivity index (χ2n) is 3.26. The minimum Gasteiger partial charge on any atom is -0.481 e. The normalized spacial score (nSPS) is 11.0. The van der Waals surface area contributed by atoms with Crippen LogP contribution in [0.15, 0.2) is 0 Å². The Kier molecular flexibility index (Phi) is 4.72. The molecule has 0 aliphatic rings. The third kappa shape index (κ3) is 3.94. The third-order valence-electron chi connectivity index (χ3n) is 1.94. The SMILES string of the molecule is CC(CNCCC(=O)O)(C(=O)O)C(=O)O. The molecular weight excluding hydrogens is 206 g/mol. The number of nitrogens with one attached hydrogen (secondary N) is 1. The molecule has 0 aliphatic heterocycles. The molecule has 0 aromatic heterocycles. The van der Waals surface area contributed by atoms with Crippen LogP contribution in [0, 0.1) is 5.41 Å². The summed E-state index contributed by atoms with van der Waals surface area (Å²) in [5.74, 6) is -3.95. The lowest BCUT2D eigenvalue weighted by molar-refractivity contribution is -0.162. The Bertz CT molecular complexity index is 260. The predicted molar refractivity (Wildman–Crippen MR) is 48.5 cm³/mol. The summed E-state index contributed by atoms with van der Waals surface area (Å²) < 4.78 is 0. The van der Waals surface area contributed by atoms with Crippen LogP contribution in [0.3, 0.4) is 0 Å². The van der Waals surface area contributed by atoms with Gasteiger partial charge in [-0.1, -0.05) is 0 Å². The topological polar surface area (TPSA) is 124 Å². The van der Waals surface area contributed by atoms with Gasteiger partial charge in [-0.2, -0.15) is 0 Å². The number of hydrogen-bond donors (Lipinski definition) is 4. The van der Waals surface area contributed by atoms with E-state index in [0.717, 1.165) is 6.92 Å². The molecule has 0 aromatic rings. The first-order chi connectivity index (χ1) is 6.80. The lowest BCUT2D eigenvalue weighted by Gasteiger charge is -2.19. The molecule has 0 spiro atoms. The van der Waals surface area contributed by atoms with Gasteiger partial charge in [0.05, 0.1) is 6.42 Å². The summed E-state index contributed by atoms with van der Waals surface area (Å²) >= 11 is 0. The zero-order valence-corrected chi connectivity index (χ0v) is 8.19. The Balaban J connectivity index is 4.15. The van der Waals surface area contributed by atoms with Crippen LogP contribution >= 0.6 is 0 Å². The van der Waals surface area contributed by atoms with Crippen molar-refractivity contribution in [1.29, 1.82) is 0 Å². The maximum atomic E-state index is 10.7. The molecule has 0 aromatic carbocycles. The number of carbonyl (C=O) groups is 3. The molecule has 0 bridgehead atoms. The van der Waals surface area contributed by atoms with Crippen molar-refractivity contribution in [3.63, 3.8) is 0 Å². The number of carboxylic acids is 3. The van der Waals surface area contributed by atoms with Crippen LogP contribution in [0.2, 0.25) is 0 Å². The van der Waals surface area contributed by atoms with Crippen LogP contribution < -0.4 is 5.32 Å². The quantitative estimate of drug-likeness (QED) is 0.327. The Morgan fingerprint density at radius 1 is 1.13 bits per heavy atom. The summed E-state index contributed by atoms with van der Waals surface area (Å²) in [4.78, 5) is 31.4. The van der Waals surface area contributed by atoms with Crippen molar-refractivity contribution in [2.75, 3.05) is 13.1 Å². The van der Waals surface area contributed by atoms with E-state index in [2.05, 4.69) is 5.32 Å². The predicted octanol–water partition coefficient (Wildman–Crippen LogP) is -0.774. The largest absolute Gasteiger partial charge is 0.481 e. The fourth-order valence-electron chi connectivity index (χ4n) is 0.776. The van der Waals surface area contributed by atoms with Gasteiger partial charge in [0.25, 0.3) is 0 Å².